The average Bonchev–Trinajstić information content (AvgIpc) is 3.16. The number of piperidine rings is 1. The number of aryl methyl sites for hydroxylation is 1. The molecule has 1 fully saturated rings. The molecule has 0 bridgehead atoms. The maximum Gasteiger partial charge on any atom is 0.191 e. The maximum atomic E-state index is 5.19. The van der Waals surface area contributed by atoms with E-state index in [0.717, 1.165) is 71.0 Å². The van der Waals surface area contributed by atoms with Gasteiger partial charge in [0.15, 0.2) is 5.96 Å². The van der Waals surface area contributed by atoms with Crippen LogP contribution in [-0.4, -0.2) is 68.3 Å². The maximum absolute atomic E-state index is 5.19. The first kappa shape index (κ1) is 21.7. The van der Waals surface area contributed by atoms with E-state index in [0.29, 0.717) is 6.04 Å². The summed E-state index contributed by atoms with van der Waals surface area (Å²) >= 11 is 0. The average molecular weight is 400 g/mol. The summed E-state index contributed by atoms with van der Waals surface area (Å²) in [7, 11) is 1.77. The molecule has 1 aromatic heterocycles. The minimum Gasteiger partial charge on any atom is -0.383 e. The first-order valence-corrected chi connectivity index (χ1v) is 11.1. The van der Waals surface area contributed by atoms with Gasteiger partial charge in [-0.25, -0.2) is 0 Å². The summed E-state index contributed by atoms with van der Waals surface area (Å²) in [4.78, 5) is 10.8. The second-order valence-corrected chi connectivity index (χ2v) is 7.77. The highest BCUT2D eigenvalue weighted by Gasteiger charge is 2.19. The molecule has 1 aromatic carbocycles. The summed E-state index contributed by atoms with van der Waals surface area (Å²) in [5.41, 5.74) is 4.00. The van der Waals surface area contributed by atoms with E-state index in [-0.39, 0.29) is 0 Å². The van der Waals surface area contributed by atoms with E-state index in [2.05, 4.69) is 58.8 Å². The zero-order chi connectivity index (χ0) is 20.5. The van der Waals surface area contributed by atoms with Gasteiger partial charge in [0.25, 0.3) is 0 Å². The lowest BCUT2D eigenvalue weighted by Crippen LogP contribution is -2.49. The highest BCUT2D eigenvalue weighted by molar-refractivity contribution is 5.86. The van der Waals surface area contributed by atoms with Crippen molar-refractivity contribution in [3.63, 3.8) is 0 Å². The standard InChI is InChI=1S/C23H37N5O/c1-4-18-7-6-8-21-19(17-26-22(18)21)9-12-25-23(24-5-2)27-20-10-13-28(14-11-20)15-16-29-3/h6-8,17,20,26H,4-5,9-16H2,1-3H3,(H2,24,25,27). The number of aromatic nitrogens is 1. The first-order chi connectivity index (χ1) is 14.2. The van der Waals surface area contributed by atoms with Gasteiger partial charge in [-0.2, -0.15) is 0 Å². The molecule has 1 saturated heterocycles. The molecule has 6 heteroatoms. The third kappa shape index (κ3) is 5.97. The van der Waals surface area contributed by atoms with E-state index in [1.165, 1.54) is 22.0 Å². The van der Waals surface area contributed by atoms with Crippen LogP contribution < -0.4 is 10.6 Å². The Morgan fingerprint density at radius 1 is 1.24 bits per heavy atom. The lowest BCUT2D eigenvalue weighted by molar-refractivity contribution is 0.128. The summed E-state index contributed by atoms with van der Waals surface area (Å²) < 4.78 is 5.19. The van der Waals surface area contributed by atoms with Crippen molar-refractivity contribution in [3.8, 4) is 0 Å². The van der Waals surface area contributed by atoms with Crippen LogP contribution in [0, 0.1) is 0 Å². The molecule has 2 heterocycles. The van der Waals surface area contributed by atoms with Crippen LogP contribution in [0.4, 0.5) is 0 Å². The van der Waals surface area contributed by atoms with Crippen LogP contribution in [0.25, 0.3) is 10.9 Å². The summed E-state index contributed by atoms with van der Waals surface area (Å²) in [6.45, 7) is 10.1. The van der Waals surface area contributed by atoms with Crippen LogP contribution in [0.5, 0.6) is 0 Å². The number of rotatable bonds is 9. The highest BCUT2D eigenvalue weighted by Crippen LogP contribution is 2.22. The van der Waals surface area contributed by atoms with Crippen LogP contribution in [0.1, 0.15) is 37.8 Å². The smallest absolute Gasteiger partial charge is 0.191 e. The number of fused-ring (bicyclic) bond motifs is 1. The minimum absolute atomic E-state index is 0.492. The Balaban J connectivity index is 1.53. The Bertz CT molecular complexity index is 777. The molecule has 0 atom stereocenters. The van der Waals surface area contributed by atoms with Crippen LogP contribution in [0.2, 0.25) is 0 Å². The van der Waals surface area contributed by atoms with Gasteiger partial charge >= 0.3 is 0 Å². The molecule has 0 unspecified atom stereocenters. The van der Waals surface area contributed by atoms with Gasteiger partial charge in [0, 0.05) is 63.0 Å². The van der Waals surface area contributed by atoms with Gasteiger partial charge in [-0.1, -0.05) is 25.1 Å². The SMILES string of the molecule is CCNC(=NCCc1c[nH]c2c(CC)cccc12)NC1CCN(CCOC)CC1. The number of benzene rings is 1. The molecule has 160 valence electrons. The number of H-pyrrole nitrogens is 1. The van der Waals surface area contributed by atoms with Crippen molar-refractivity contribution in [2.75, 3.05) is 46.4 Å². The third-order valence-corrected chi connectivity index (χ3v) is 5.80. The quantitative estimate of drug-likeness (QED) is 0.448. The molecule has 0 radical (unpaired) electrons. The summed E-state index contributed by atoms with van der Waals surface area (Å²) in [5, 5.41) is 8.38. The molecule has 0 spiro atoms. The summed E-state index contributed by atoms with van der Waals surface area (Å²) in [5.74, 6) is 0.942. The van der Waals surface area contributed by atoms with Gasteiger partial charge in [0.2, 0.25) is 0 Å². The second-order valence-electron chi connectivity index (χ2n) is 7.77. The Morgan fingerprint density at radius 3 is 2.79 bits per heavy atom. The van der Waals surface area contributed by atoms with Crippen LogP contribution >= 0.6 is 0 Å². The van der Waals surface area contributed by atoms with Gasteiger partial charge in [-0.3, -0.25) is 4.99 Å². The predicted molar refractivity (Wildman–Crippen MR) is 122 cm³/mol. The van der Waals surface area contributed by atoms with Crippen molar-refractivity contribution < 1.29 is 4.74 Å². The number of guanidine groups is 1. The van der Waals surface area contributed by atoms with Crippen molar-refractivity contribution in [1.82, 2.24) is 20.5 Å². The zero-order valence-electron chi connectivity index (χ0n) is 18.3. The normalized spacial score (nSPS) is 16.4. The number of aromatic amines is 1. The van der Waals surface area contributed by atoms with Gasteiger partial charge < -0.3 is 25.3 Å². The van der Waals surface area contributed by atoms with E-state index in [1.807, 2.05) is 0 Å². The van der Waals surface area contributed by atoms with E-state index in [4.69, 9.17) is 9.73 Å². The molecule has 6 nitrogen and oxygen atoms in total. The van der Waals surface area contributed by atoms with E-state index >= 15 is 0 Å². The molecular weight excluding hydrogens is 362 g/mol. The molecule has 3 N–H and O–H groups in total. The van der Waals surface area contributed by atoms with E-state index < -0.39 is 0 Å². The molecular formula is C23H37N5O. The molecule has 29 heavy (non-hydrogen) atoms. The largest absolute Gasteiger partial charge is 0.383 e. The monoisotopic (exact) mass is 399 g/mol. The fourth-order valence-corrected chi connectivity index (χ4v) is 4.10. The Hall–Kier alpha value is -2.05. The van der Waals surface area contributed by atoms with Crippen molar-refractivity contribution in [1.29, 1.82) is 0 Å². The molecule has 0 saturated carbocycles. The molecule has 0 aliphatic carbocycles. The number of nitrogens with one attached hydrogen (secondary N) is 3. The minimum atomic E-state index is 0.492. The topological polar surface area (TPSA) is 64.7 Å². The molecule has 1 aliphatic heterocycles. The molecule has 0 amide bonds. The lowest BCUT2D eigenvalue weighted by Gasteiger charge is -2.32. The predicted octanol–water partition coefficient (Wildman–Crippen LogP) is 2.94. The van der Waals surface area contributed by atoms with E-state index in [1.54, 1.807) is 7.11 Å². The third-order valence-electron chi connectivity index (χ3n) is 5.80. The Kier molecular flexibility index (Phi) is 8.38. The molecule has 3 rings (SSSR count). The first-order valence-electron chi connectivity index (χ1n) is 11.1. The molecule has 2 aromatic rings. The number of likely N-dealkylation sites (tertiary alicyclic amines) is 1. The number of hydrogen-bond acceptors (Lipinski definition) is 3. The van der Waals surface area contributed by atoms with Crippen LogP contribution in [0.15, 0.2) is 29.4 Å². The Labute approximate surface area is 175 Å². The fourth-order valence-electron chi connectivity index (χ4n) is 4.10. The zero-order valence-corrected chi connectivity index (χ0v) is 18.3. The Morgan fingerprint density at radius 2 is 2.07 bits per heavy atom. The molecule has 1 aliphatic rings. The number of ether oxygens (including phenoxy) is 1. The lowest BCUT2D eigenvalue weighted by atomic mass is 10.1. The number of nitrogens with zero attached hydrogens (tertiary/aromatic N) is 2. The summed E-state index contributed by atoms with van der Waals surface area (Å²) in [6, 6.07) is 7.07. The number of hydrogen-bond donors (Lipinski definition) is 3. The van der Waals surface area contributed by atoms with Crippen LogP contribution in [-0.2, 0) is 17.6 Å². The fraction of sp³-hybridized carbons (Fsp3) is 0.609. The van der Waals surface area contributed by atoms with Crippen molar-refractivity contribution in [2.45, 2.75) is 45.6 Å². The van der Waals surface area contributed by atoms with Gasteiger partial charge in [-0.05, 0) is 43.7 Å². The van der Waals surface area contributed by atoms with Gasteiger partial charge in [0.1, 0.15) is 0 Å². The number of aliphatic imine (C=N–C) groups is 1. The van der Waals surface area contributed by atoms with Gasteiger partial charge in [0.05, 0.1) is 6.61 Å². The van der Waals surface area contributed by atoms with E-state index in [9.17, 15) is 0 Å². The van der Waals surface area contributed by atoms with Crippen LogP contribution in [0.3, 0.4) is 0 Å². The van der Waals surface area contributed by atoms with Crippen molar-refractivity contribution >= 4 is 16.9 Å². The van der Waals surface area contributed by atoms with Crippen molar-refractivity contribution in [2.24, 2.45) is 4.99 Å². The summed E-state index contributed by atoms with van der Waals surface area (Å²) in [6.07, 6.45) is 6.44. The number of para-hydroxylation sites is 1. The second kappa shape index (κ2) is 11.2. The number of methoxy groups -OCH3 is 1. The highest BCUT2D eigenvalue weighted by atomic mass is 16.5. The van der Waals surface area contributed by atoms with Gasteiger partial charge in [-0.15, -0.1) is 0 Å². The van der Waals surface area contributed by atoms with Crippen molar-refractivity contribution in [3.05, 3.63) is 35.5 Å².